The zero-order valence-corrected chi connectivity index (χ0v) is 27.3. The van der Waals surface area contributed by atoms with Crippen molar-refractivity contribution in [2.24, 2.45) is 0 Å². The number of rotatable bonds is 10. The third kappa shape index (κ3) is 8.69. The Labute approximate surface area is 278 Å². The molecule has 12 nitrogen and oxygen atoms in total. The molecule has 0 aliphatic rings. The Morgan fingerprint density at radius 2 is 0.854 bits per heavy atom. The molecular formula is C34H30N4O8S2. The van der Waals surface area contributed by atoms with Crippen molar-refractivity contribution >= 4 is 55.0 Å². The van der Waals surface area contributed by atoms with E-state index < -0.39 is 42.1 Å². The lowest BCUT2D eigenvalue weighted by Gasteiger charge is -2.12. The number of urea groups is 2. The van der Waals surface area contributed by atoms with Gasteiger partial charge < -0.3 is 29.6 Å². The Hall–Kier alpha value is -5.86. The molecule has 0 aliphatic carbocycles. The summed E-state index contributed by atoms with van der Waals surface area (Å²) in [5.41, 5.74) is 3.81. The van der Waals surface area contributed by atoms with Gasteiger partial charge in [-0.1, -0.05) is 42.5 Å². The van der Waals surface area contributed by atoms with Crippen molar-refractivity contribution in [3.63, 3.8) is 0 Å². The Morgan fingerprint density at radius 1 is 0.479 bits per heavy atom. The molecule has 14 heteroatoms. The van der Waals surface area contributed by atoms with Crippen LogP contribution in [-0.2, 0) is 20.2 Å². The van der Waals surface area contributed by atoms with Crippen LogP contribution in [0.4, 0.5) is 32.3 Å². The number of para-hydroxylation sites is 2. The van der Waals surface area contributed by atoms with Gasteiger partial charge in [-0.05, 0) is 104 Å². The van der Waals surface area contributed by atoms with Crippen LogP contribution in [0, 0.1) is 13.8 Å². The quantitative estimate of drug-likeness (QED) is 0.113. The van der Waals surface area contributed by atoms with Gasteiger partial charge in [0.15, 0.2) is 0 Å². The highest BCUT2D eigenvalue weighted by Gasteiger charge is 2.23. The van der Waals surface area contributed by atoms with Gasteiger partial charge in [-0.25, -0.2) is 9.59 Å². The molecule has 4 amide bonds. The van der Waals surface area contributed by atoms with Gasteiger partial charge in [0.1, 0.15) is 21.3 Å². The van der Waals surface area contributed by atoms with Gasteiger partial charge in [0, 0.05) is 22.7 Å². The minimum absolute atomic E-state index is 0.0642. The highest BCUT2D eigenvalue weighted by atomic mass is 32.2. The first-order valence-electron chi connectivity index (χ1n) is 14.3. The Kier molecular flexibility index (Phi) is 9.96. The lowest BCUT2D eigenvalue weighted by Crippen LogP contribution is -2.20. The SMILES string of the molecule is Cc1ccccc1NC(=O)Nc1ccc(OS(=O)(=O)c2cccc(S(=O)(=O)Oc3ccc(NC(=O)Nc4ccccc4C)cc3)c2)cc1. The molecule has 0 saturated carbocycles. The molecule has 0 atom stereocenters. The second-order valence-corrected chi connectivity index (χ2v) is 13.5. The highest BCUT2D eigenvalue weighted by molar-refractivity contribution is 7.88. The fraction of sp³-hybridized carbons (Fsp3) is 0.0588. The molecule has 0 fully saturated rings. The molecule has 5 aromatic carbocycles. The number of benzene rings is 5. The number of aryl methyl sites for hydroxylation is 2. The van der Waals surface area contributed by atoms with Crippen LogP contribution in [0.25, 0.3) is 0 Å². The molecule has 0 saturated heterocycles. The van der Waals surface area contributed by atoms with Crippen LogP contribution >= 0.6 is 0 Å². The van der Waals surface area contributed by atoms with E-state index in [0.29, 0.717) is 22.7 Å². The van der Waals surface area contributed by atoms with E-state index in [2.05, 4.69) is 21.3 Å². The Balaban J connectivity index is 1.19. The molecule has 0 aliphatic heterocycles. The zero-order chi connectivity index (χ0) is 34.3. The van der Waals surface area contributed by atoms with Crippen molar-refractivity contribution in [1.29, 1.82) is 0 Å². The number of hydrogen-bond acceptors (Lipinski definition) is 8. The molecule has 246 valence electrons. The van der Waals surface area contributed by atoms with Crippen molar-refractivity contribution in [3.8, 4) is 11.5 Å². The minimum atomic E-state index is -4.46. The van der Waals surface area contributed by atoms with Crippen LogP contribution in [0.5, 0.6) is 11.5 Å². The maximum atomic E-state index is 13.0. The molecule has 5 rings (SSSR count). The summed E-state index contributed by atoms with van der Waals surface area (Å²) >= 11 is 0. The first-order valence-corrected chi connectivity index (χ1v) is 17.2. The molecule has 0 aromatic heterocycles. The predicted molar refractivity (Wildman–Crippen MR) is 183 cm³/mol. The minimum Gasteiger partial charge on any atom is -0.379 e. The van der Waals surface area contributed by atoms with E-state index in [9.17, 15) is 26.4 Å². The molecule has 5 aromatic rings. The molecule has 0 unspecified atom stereocenters. The van der Waals surface area contributed by atoms with E-state index in [1.807, 2.05) is 38.1 Å². The number of hydrogen-bond donors (Lipinski definition) is 4. The zero-order valence-electron chi connectivity index (χ0n) is 25.6. The van der Waals surface area contributed by atoms with Gasteiger partial charge in [0.25, 0.3) is 0 Å². The van der Waals surface area contributed by atoms with Crippen molar-refractivity contribution in [1.82, 2.24) is 0 Å². The summed E-state index contributed by atoms with van der Waals surface area (Å²) in [6.45, 7) is 3.71. The lowest BCUT2D eigenvalue weighted by atomic mass is 10.2. The number of amides is 4. The summed E-state index contributed by atoms with van der Waals surface area (Å²) in [5, 5.41) is 10.8. The molecule has 4 N–H and O–H groups in total. The summed E-state index contributed by atoms with van der Waals surface area (Å²) in [5.74, 6) is -0.128. The van der Waals surface area contributed by atoms with Gasteiger partial charge in [-0.15, -0.1) is 0 Å². The van der Waals surface area contributed by atoms with E-state index in [1.54, 1.807) is 24.3 Å². The van der Waals surface area contributed by atoms with Crippen LogP contribution in [0.2, 0.25) is 0 Å². The standard InChI is InChI=1S/C34H30N4O8S2/c1-23-8-3-5-12-31(23)37-33(39)35-25-14-18-27(19-15-25)45-47(41,42)29-10-7-11-30(22-29)48(43,44)46-28-20-16-26(17-21-28)36-34(40)38-32-13-6-4-9-24(32)2/h3-22H,1-2H3,(H2,35,37,39)(H2,36,38,40). The fourth-order valence-corrected chi connectivity index (χ4v) is 6.35. The molecular weight excluding hydrogens is 657 g/mol. The first kappa shape index (κ1) is 33.5. The van der Waals surface area contributed by atoms with Gasteiger partial charge in [0.2, 0.25) is 0 Å². The maximum absolute atomic E-state index is 13.0. The Bertz CT molecular complexity index is 2020. The second kappa shape index (κ2) is 14.3. The molecule has 0 heterocycles. The summed E-state index contributed by atoms with van der Waals surface area (Å²) in [6, 6.07) is 29.3. The third-order valence-corrected chi connectivity index (χ3v) is 9.29. The summed E-state index contributed by atoms with van der Waals surface area (Å²) in [6.07, 6.45) is 0. The van der Waals surface area contributed by atoms with Gasteiger partial charge >= 0.3 is 32.3 Å². The van der Waals surface area contributed by atoms with E-state index in [0.717, 1.165) is 17.2 Å². The number of carbonyl (C=O) groups excluding carboxylic acids is 2. The van der Waals surface area contributed by atoms with Crippen molar-refractivity contribution in [3.05, 3.63) is 132 Å². The fourth-order valence-electron chi connectivity index (χ4n) is 4.32. The van der Waals surface area contributed by atoms with E-state index in [4.69, 9.17) is 8.37 Å². The maximum Gasteiger partial charge on any atom is 0.339 e. The van der Waals surface area contributed by atoms with Crippen LogP contribution in [0.15, 0.2) is 131 Å². The molecule has 0 radical (unpaired) electrons. The van der Waals surface area contributed by atoms with E-state index >= 15 is 0 Å². The lowest BCUT2D eigenvalue weighted by molar-refractivity contribution is 0.261. The number of carbonyl (C=O) groups is 2. The van der Waals surface area contributed by atoms with Gasteiger partial charge in [-0.3, -0.25) is 0 Å². The smallest absolute Gasteiger partial charge is 0.339 e. The number of anilines is 4. The molecule has 0 spiro atoms. The summed E-state index contributed by atoms with van der Waals surface area (Å²) < 4.78 is 62.5. The van der Waals surface area contributed by atoms with Crippen molar-refractivity contribution in [2.45, 2.75) is 23.6 Å². The van der Waals surface area contributed by atoms with Crippen LogP contribution in [0.1, 0.15) is 11.1 Å². The normalized spacial score (nSPS) is 11.2. The summed E-state index contributed by atoms with van der Waals surface area (Å²) in [7, 11) is -8.92. The average molecular weight is 687 g/mol. The van der Waals surface area contributed by atoms with Crippen molar-refractivity contribution < 1.29 is 34.8 Å². The Morgan fingerprint density at radius 3 is 1.23 bits per heavy atom. The van der Waals surface area contributed by atoms with Crippen LogP contribution in [-0.4, -0.2) is 28.9 Å². The van der Waals surface area contributed by atoms with Crippen LogP contribution < -0.4 is 29.6 Å². The topological polar surface area (TPSA) is 169 Å². The largest absolute Gasteiger partial charge is 0.379 e. The third-order valence-electron chi connectivity index (χ3n) is 6.81. The van der Waals surface area contributed by atoms with Gasteiger partial charge in [-0.2, -0.15) is 16.8 Å². The molecule has 0 bridgehead atoms. The second-order valence-electron chi connectivity index (χ2n) is 10.4. The monoisotopic (exact) mass is 686 g/mol. The summed E-state index contributed by atoms with van der Waals surface area (Å²) in [4.78, 5) is 23.9. The van der Waals surface area contributed by atoms with E-state index in [-0.39, 0.29) is 11.5 Å². The predicted octanol–water partition coefficient (Wildman–Crippen LogP) is 7.13. The highest BCUT2D eigenvalue weighted by Crippen LogP contribution is 2.26. The number of nitrogens with one attached hydrogen (secondary N) is 4. The molecule has 48 heavy (non-hydrogen) atoms. The van der Waals surface area contributed by atoms with Crippen molar-refractivity contribution in [2.75, 3.05) is 21.3 Å². The average Bonchev–Trinajstić information content (AvgIpc) is 3.05. The van der Waals surface area contributed by atoms with E-state index in [1.165, 1.54) is 66.7 Å². The first-order chi connectivity index (χ1) is 22.9. The van der Waals surface area contributed by atoms with Gasteiger partial charge in [0.05, 0.1) is 0 Å². The van der Waals surface area contributed by atoms with Crippen LogP contribution in [0.3, 0.4) is 0 Å².